The van der Waals surface area contributed by atoms with Crippen LogP contribution in [-0.2, 0) is 18.3 Å². The Hall–Kier alpha value is -2.96. The lowest BCUT2D eigenvalue weighted by molar-refractivity contribution is 0.0600. The highest BCUT2D eigenvalue weighted by molar-refractivity contribution is 5.89. The van der Waals surface area contributed by atoms with E-state index < -0.39 is 0 Å². The number of fused-ring (bicyclic) bond motifs is 1. The average molecular weight is 298 g/mol. The topological polar surface area (TPSA) is 79.0 Å². The average Bonchev–Trinajstić information content (AvgIpc) is 2.92. The maximum absolute atomic E-state index is 12.4. The maximum Gasteiger partial charge on any atom is 0.337 e. The summed E-state index contributed by atoms with van der Waals surface area (Å²) < 4.78 is 7.72. The van der Waals surface area contributed by atoms with Gasteiger partial charge in [-0.15, -0.1) is 0 Å². The predicted octanol–water partition coefficient (Wildman–Crippen LogP) is 0.965. The second-order valence-electron chi connectivity index (χ2n) is 4.87. The minimum Gasteiger partial charge on any atom is -0.465 e. The molecule has 0 spiro atoms. The standard InChI is InChI=1S/C15H14N4O3/c1-18-13-12(7-17-18)14(20)19(9-16-13)8-10-3-5-11(6-4-10)15(21)22-2/h3-7,9H,8H2,1-2H3. The first-order chi connectivity index (χ1) is 10.6. The van der Waals surface area contributed by atoms with Gasteiger partial charge in [0.05, 0.1) is 25.4 Å². The Kier molecular flexibility index (Phi) is 3.46. The zero-order chi connectivity index (χ0) is 15.7. The van der Waals surface area contributed by atoms with Gasteiger partial charge >= 0.3 is 5.97 Å². The molecular weight excluding hydrogens is 284 g/mol. The van der Waals surface area contributed by atoms with Crippen molar-refractivity contribution in [3.05, 3.63) is 58.3 Å². The van der Waals surface area contributed by atoms with E-state index in [9.17, 15) is 9.59 Å². The Morgan fingerprint density at radius 3 is 2.68 bits per heavy atom. The van der Waals surface area contributed by atoms with E-state index in [4.69, 9.17) is 0 Å². The van der Waals surface area contributed by atoms with Crippen LogP contribution in [0.4, 0.5) is 0 Å². The van der Waals surface area contributed by atoms with E-state index in [2.05, 4.69) is 14.8 Å². The van der Waals surface area contributed by atoms with Crippen molar-refractivity contribution in [1.82, 2.24) is 19.3 Å². The van der Waals surface area contributed by atoms with Crippen LogP contribution < -0.4 is 5.56 Å². The van der Waals surface area contributed by atoms with Gasteiger partial charge in [-0.1, -0.05) is 12.1 Å². The van der Waals surface area contributed by atoms with Gasteiger partial charge in [-0.25, -0.2) is 9.78 Å². The molecule has 0 aliphatic carbocycles. The Balaban J connectivity index is 1.91. The molecular formula is C15H14N4O3. The molecule has 7 nitrogen and oxygen atoms in total. The highest BCUT2D eigenvalue weighted by Crippen LogP contribution is 2.08. The van der Waals surface area contributed by atoms with Gasteiger partial charge < -0.3 is 4.74 Å². The van der Waals surface area contributed by atoms with Gasteiger partial charge in [0.15, 0.2) is 5.65 Å². The molecule has 0 aliphatic heterocycles. The van der Waals surface area contributed by atoms with E-state index in [1.165, 1.54) is 24.2 Å². The van der Waals surface area contributed by atoms with E-state index in [1.54, 1.807) is 36.0 Å². The maximum atomic E-state index is 12.4. The first-order valence-electron chi connectivity index (χ1n) is 6.64. The second-order valence-corrected chi connectivity index (χ2v) is 4.87. The Morgan fingerprint density at radius 1 is 1.27 bits per heavy atom. The molecule has 0 amide bonds. The molecule has 0 saturated carbocycles. The van der Waals surface area contributed by atoms with Crippen LogP contribution in [0.25, 0.3) is 11.0 Å². The molecule has 0 unspecified atom stereocenters. The normalized spacial score (nSPS) is 10.8. The summed E-state index contributed by atoms with van der Waals surface area (Å²) in [7, 11) is 3.08. The van der Waals surface area contributed by atoms with E-state index in [0.29, 0.717) is 23.1 Å². The summed E-state index contributed by atoms with van der Waals surface area (Å²) in [4.78, 5) is 28.0. The summed E-state index contributed by atoms with van der Waals surface area (Å²) in [6.45, 7) is 0.373. The van der Waals surface area contributed by atoms with Crippen molar-refractivity contribution in [2.75, 3.05) is 7.11 Å². The Bertz CT molecular complexity index is 893. The van der Waals surface area contributed by atoms with Gasteiger partial charge in [0.1, 0.15) is 11.7 Å². The van der Waals surface area contributed by atoms with Crippen LogP contribution in [0.2, 0.25) is 0 Å². The lowest BCUT2D eigenvalue weighted by Crippen LogP contribution is -2.21. The van der Waals surface area contributed by atoms with Crippen LogP contribution in [0.5, 0.6) is 0 Å². The van der Waals surface area contributed by atoms with Crippen molar-refractivity contribution in [1.29, 1.82) is 0 Å². The molecule has 2 heterocycles. The van der Waals surface area contributed by atoms with Gasteiger partial charge in [0.2, 0.25) is 0 Å². The molecule has 7 heteroatoms. The molecule has 0 saturated heterocycles. The van der Waals surface area contributed by atoms with Crippen LogP contribution >= 0.6 is 0 Å². The number of rotatable bonds is 3. The van der Waals surface area contributed by atoms with Crippen LogP contribution in [0.1, 0.15) is 15.9 Å². The molecule has 0 fully saturated rings. The third-order valence-electron chi connectivity index (χ3n) is 3.45. The number of benzene rings is 1. The number of aryl methyl sites for hydroxylation is 1. The van der Waals surface area contributed by atoms with Crippen molar-refractivity contribution in [3.63, 3.8) is 0 Å². The summed E-state index contributed by atoms with van der Waals surface area (Å²) in [5.41, 5.74) is 1.77. The van der Waals surface area contributed by atoms with Crippen LogP contribution in [0.3, 0.4) is 0 Å². The summed E-state index contributed by atoms with van der Waals surface area (Å²) in [6, 6.07) is 6.91. The summed E-state index contributed by atoms with van der Waals surface area (Å²) in [6.07, 6.45) is 3.02. The van der Waals surface area contributed by atoms with E-state index in [0.717, 1.165) is 5.56 Å². The molecule has 1 aromatic carbocycles. The molecule has 0 N–H and O–H groups in total. The lowest BCUT2D eigenvalue weighted by atomic mass is 10.1. The smallest absolute Gasteiger partial charge is 0.337 e. The highest BCUT2D eigenvalue weighted by atomic mass is 16.5. The first-order valence-corrected chi connectivity index (χ1v) is 6.64. The number of carbonyl (C=O) groups is 1. The van der Waals surface area contributed by atoms with Crippen LogP contribution in [0.15, 0.2) is 41.6 Å². The fourth-order valence-electron chi connectivity index (χ4n) is 2.24. The van der Waals surface area contributed by atoms with Crippen molar-refractivity contribution in [2.45, 2.75) is 6.54 Å². The second kappa shape index (κ2) is 5.44. The fourth-order valence-corrected chi connectivity index (χ4v) is 2.24. The summed E-state index contributed by atoms with van der Waals surface area (Å²) >= 11 is 0. The summed E-state index contributed by atoms with van der Waals surface area (Å²) in [5, 5.41) is 4.52. The van der Waals surface area contributed by atoms with Gasteiger partial charge in [0.25, 0.3) is 5.56 Å². The van der Waals surface area contributed by atoms with Crippen molar-refractivity contribution >= 4 is 17.0 Å². The third kappa shape index (κ3) is 2.37. The molecule has 0 radical (unpaired) electrons. The van der Waals surface area contributed by atoms with E-state index in [1.807, 2.05) is 0 Å². The van der Waals surface area contributed by atoms with Gasteiger partial charge in [-0.2, -0.15) is 5.10 Å². The molecule has 0 bridgehead atoms. The SMILES string of the molecule is COC(=O)c1ccc(Cn2cnc3c(cnn3C)c2=O)cc1. The molecule has 0 aliphatic rings. The minimum absolute atomic E-state index is 0.143. The predicted molar refractivity (Wildman–Crippen MR) is 79.7 cm³/mol. The van der Waals surface area contributed by atoms with Gasteiger partial charge in [-0.05, 0) is 17.7 Å². The molecule has 3 rings (SSSR count). The quantitative estimate of drug-likeness (QED) is 0.673. The van der Waals surface area contributed by atoms with Crippen LogP contribution in [-0.4, -0.2) is 32.4 Å². The number of ether oxygens (including phenoxy) is 1. The van der Waals surface area contributed by atoms with Crippen LogP contribution in [0, 0.1) is 0 Å². The van der Waals surface area contributed by atoms with E-state index in [-0.39, 0.29) is 11.5 Å². The molecule has 2 aromatic heterocycles. The first kappa shape index (κ1) is 14.0. The zero-order valence-corrected chi connectivity index (χ0v) is 12.2. The fraction of sp³-hybridized carbons (Fsp3) is 0.200. The van der Waals surface area contributed by atoms with Crippen molar-refractivity contribution in [3.8, 4) is 0 Å². The molecule has 3 aromatic rings. The number of esters is 1. The van der Waals surface area contributed by atoms with Gasteiger partial charge in [-0.3, -0.25) is 14.0 Å². The molecule has 112 valence electrons. The highest BCUT2D eigenvalue weighted by Gasteiger charge is 2.09. The number of hydrogen-bond acceptors (Lipinski definition) is 5. The number of nitrogens with zero attached hydrogens (tertiary/aromatic N) is 4. The minimum atomic E-state index is -0.387. The molecule has 22 heavy (non-hydrogen) atoms. The van der Waals surface area contributed by atoms with Crippen molar-refractivity contribution in [2.24, 2.45) is 7.05 Å². The monoisotopic (exact) mass is 298 g/mol. The Morgan fingerprint density at radius 2 is 2.00 bits per heavy atom. The lowest BCUT2D eigenvalue weighted by Gasteiger charge is -2.06. The number of hydrogen-bond donors (Lipinski definition) is 0. The largest absolute Gasteiger partial charge is 0.465 e. The molecule has 0 atom stereocenters. The van der Waals surface area contributed by atoms with E-state index >= 15 is 0 Å². The third-order valence-corrected chi connectivity index (χ3v) is 3.45. The van der Waals surface area contributed by atoms with Crippen molar-refractivity contribution < 1.29 is 9.53 Å². The van der Waals surface area contributed by atoms with Gasteiger partial charge in [0, 0.05) is 7.05 Å². The Labute approximate surface area is 125 Å². The zero-order valence-electron chi connectivity index (χ0n) is 12.2. The number of methoxy groups -OCH3 is 1. The number of aromatic nitrogens is 4. The number of carbonyl (C=O) groups excluding carboxylic acids is 1. The summed E-state index contributed by atoms with van der Waals surface area (Å²) in [5.74, 6) is -0.387.